The zero-order valence-corrected chi connectivity index (χ0v) is 15.7. The predicted octanol–water partition coefficient (Wildman–Crippen LogP) is 3.58. The van der Waals surface area contributed by atoms with E-state index < -0.39 is 11.6 Å². The molecule has 4 nitrogen and oxygen atoms in total. The summed E-state index contributed by atoms with van der Waals surface area (Å²) in [5.41, 5.74) is 0.446. The van der Waals surface area contributed by atoms with Crippen LogP contribution in [0.4, 0.5) is 8.78 Å². The molecule has 0 saturated heterocycles. The fourth-order valence-electron chi connectivity index (χ4n) is 4.14. The Morgan fingerprint density at radius 3 is 2.58 bits per heavy atom. The van der Waals surface area contributed by atoms with Crippen molar-refractivity contribution < 1.29 is 13.5 Å². The SMILES string of the molecule is CN=C(NCC1(CCOC)CCCC1)NC1CC1c1c(F)cccc1F. The summed E-state index contributed by atoms with van der Waals surface area (Å²) >= 11 is 0. The highest BCUT2D eigenvalue weighted by atomic mass is 19.1. The zero-order valence-electron chi connectivity index (χ0n) is 15.7. The Bertz CT molecular complexity index is 624. The average molecular weight is 365 g/mol. The van der Waals surface area contributed by atoms with Crippen molar-refractivity contribution in [1.82, 2.24) is 10.6 Å². The maximum Gasteiger partial charge on any atom is 0.191 e. The molecule has 0 aromatic heterocycles. The van der Waals surface area contributed by atoms with Gasteiger partial charge in [0.05, 0.1) is 0 Å². The van der Waals surface area contributed by atoms with E-state index in [1.807, 2.05) is 0 Å². The molecule has 0 aliphatic heterocycles. The van der Waals surface area contributed by atoms with Crippen LogP contribution in [0, 0.1) is 17.0 Å². The van der Waals surface area contributed by atoms with Crippen molar-refractivity contribution in [3.63, 3.8) is 0 Å². The number of methoxy groups -OCH3 is 1. The van der Waals surface area contributed by atoms with E-state index in [9.17, 15) is 8.78 Å². The molecule has 1 aromatic carbocycles. The number of halogens is 2. The lowest BCUT2D eigenvalue weighted by Crippen LogP contribution is -2.44. The van der Waals surface area contributed by atoms with E-state index in [4.69, 9.17) is 4.74 Å². The van der Waals surface area contributed by atoms with Gasteiger partial charge in [-0.3, -0.25) is 4.99 Å². The van der Waals surface area contributed by atoms with Crippen molar-refractivity contribution in [3.8, 4) is 0 Å². The molecule has 2 atom stereocenters. The number of nitrogens with zero attached hydrogens (tertiary/aromatic N) is 1. The van der Waals surface area contributed by atoms with Gasteiger partial charge in [-0.05, 0) is 43.2 Å². The maximum atomic E-state index is 13.9. The van der Waals surface area contributed by atoms with Gasteiger partial charge >= 0.3 is 0 Å². The molecule has 2 unspecified atom stereocenters. The van der Waals surface area contributed by atoms with Gasteiger partial charge < -0.3 is 15.4 Å². The summed E-state index contributed by atoms with van der Waals surface area (Å²) in [6.07, 6.45) is 6.68. The number of nitrogens with one attached hydrogen (secondary N) is 2. The molecule has 2 saturated carbocycles. The quantitative estimate of drug-likeness (QED) is 0.573. The molecule has 0 bridgehead atoms. The minimum absolute atomic E-state index is 0.0195. The first-order valence-electron chi connectivity index (χ1n) is 9.48. The first kappa shape index (κ1) is 19.1. The number of guanidine groups is 1. The van der Waals surface area contributed by atoms with Gasteiger partial charge in [-0.2, -0.15) is 0 Å². The second-order valence-electron chi connectivity index (χ2n) is 7.60. The van der Waals surface area contributed by atoms with Gasteiger partial charge in [0, 0.05) is 44.8 Å². The van der Waals surface area contributed by atoms with Crippen molar-refractivity contribution in [2.45, 2.75) is 50.5 Å². The minimum atomic E-state index is -0.466. The Morgan fingerprint density at radius 1 is 1.27 bits per heavy atom. The predicted molar refractivity (Wildman–Crippen MR) is 99.4 cm³/mol. The van der Waals surface area contributed by atoms with Crippen molar-refractivity contribution >= 4 is 5.96 Å². The van der Waals surface area contributed by atoms with Crippen LogP contribution in [0.25, 0.3) is 0 Å². The van der Waals surface area contributed by atoms with Crippen LogP contribution in [-0.2, 0) is 4.74 Å². The van der Waals surface area contributed by atoms with Crippen molar-refractivity contribution in [1.29, 1.82) is 0 Å². The summed E-state index contributed by atoms with van der Waals surface area (Å²) in [6, 6.07) is 4.06. The number of benzene rings is 1. The van der Waals surface area contributed by atoms with Gasteiger partial charge in [-0.25, -0.2) is 8.78 Å². The minimum Gasteiger partial charge on any atom is -0.385 e. The number of rotatable bonds is 7. The average Bonchev–Trinajstić information content (AvgIpc) is 3.21. The first-order chi connectivity index (χ1) is 12.6. The second-order valence-corrected chi connectivity index (χ2v) is 7.60. The largest absolute Gasteiger partial charge is 0.385 e. The van der Waals surface area contributed by atoms with Gasteiger partial charge in [-0.15, -0.1) is 0 Å². The van der Waals surface area contributed by atoms with Crippen LogP contribution in [0.3, 0.4) is 0 Å². The third-order valence-electron chi connectivity index (χ3n) is 5.84. The first-order valence-corrected chi connectivity index (χ1v) is 9.48. The Balaban J connectivity index is 1.54. The van der Waals surface area contributed by atoms with Crippen LogP contribution in [0.1, 0.15) is 50.0 Å². The van der Waals surface area contributed by atoms with E-state index in [1.165, 1.54) is 43.9 Å². The molecular weight excluding hydrogens is 336 g/mol. The molecule has 0 radical (unpaired) electrons. The molecule has 3 rings (SSSR count). The highest BCUT2D eigenvalue weighted by Gasteiger charge is 2.42. The highest BCUT2D eigenvalue weighted by molar-refractivity contribution is 5.80. The van der Waals surface area contributed by atoms with E-state index in [2.05, 4.69) is 15.6 Å². The van der Waals surface area contributed by atoms with E-state index >= 15 is 0 Å². The number of ether oxygens (including phenoxy) is 1. The molecule has 2 fully saturated rings. The lowest BCUT2D eigenvalue weighted by atomic mass is 9.83. The van der Waals surface area contributed by atoms with Crippen molar-refractivity contribution in [3.05, 3.63) is 35.4 Å². The fourth-order valence-corrected chi connectivity index (χ4v) is 4.14. The molecule has 0 spiro atoms. The van der Waals surface area contributed by atoms with Gasteiger partial charge in [-0.1, -0.05) is 18.9 Å². The summed E-state index contributed by atoms with van der Waals surface area (Å²) in [5.74, 6) is -0.361. The van der Waals surface area contributed by atoms with E-state index in [-0.39, 0.29) is 22.9 Å². The Morgan fingerprint density at radius 2 is 1.96 bits per heavy atom. The highest BCUT2D eigenvalue weighted by Crippen LogP contribution is 2.43. The molecular formula is C20H29F2N3O. The van der Waals surface area contributed by atoms with Crippen molar-refractivity contribution in [2.75, 3.05) is 27.3 Å². The van der Waals surface area contributed by atoms with Gasteiger partial charge in [0.1, 0.15) is 11.6 Å². The third kappa shape index (κ3) is 4.34. The van der Waals surface area contributed by atoms with Crippen LogP contribution in [0.2, 0.25) is 0 Å². The molecule has 2 aliphatic carbocycles. The zero-order chi connectivity index (χ0) is 18.6. The van der Waals surface area contributed by atoms with Gasteiger partial charge in [0.25, 0.3) is 0 Å². The maximum absolute atomic E-state index is 13.9. The summed E-state index contributed by atoms with van der Waals surface area (Å²) in [7, 11) is 3.47. The Labute approximate surface area is 154 Å². The van der Waals surface area contributed by atoms with Crippen LogP contribution < -0.4 is 10.6 Å². The summed E-state index contributed by atoms with van der Waals surface area (Å²) in [6.45, 7) is 1.62. The van der Waals surface area contributed by atoms with Gasteiger partial charge in [0.2, 0.25) is 0 Å². The third-order valence-corrected chi connectivity index (χ3v) is 5.84. The van der Waals surface area contributed by atoms with Gasteiger partial charge in [0.15, 0.2) is 5.96 Å². The number of hydrogen-bond acceptors (Lipinski definition) is 2. The van der Waals surface area contributed by atoms with Crippen LogP contribution in [0.5, 0.6) is 0 Å². The molecule has 144 valence electrons. The smallest absolute Gasteiger partial charge is 0.191 e. The Kier molecular flexibility index (Phi) is 6.12. The molecule has 0 amide bonds. The normalized spacial score (nSPS) is 24.5. The van der Waals surface area contributed by atoms with Crippen LogP contribution in [0.15, 0.2) is 23.2 Å². The molecule has 26 heavy (non-hydrogen) atoms. The molecule has 2 aliphatic rings. The lowest BCUT2D eigenvalue weighted by Gasteiger charge is -2.30. The van der Waals surface area contributed by atoms with Crippen LogP contribution in [-0.4, -0.2) is 39.3 Å². The summed E-state index contributed by atoms with van der Waals surface area (Å²) < 4.78 is 33.1. The molecule has 6 heteroatoms. The Hall–Kier alpha value is -1.69. The molecule has 1 aromatic rings. The second kappa shape index (κ2) is 8.33. The summed E-state index contributed by atoms with van der Waals surface area (Å²) in [4.78, 5) is 4.29. The monoisotopic (exact) mass is 365 g/mol. The lowest BCUT2D eigenvalue weighted by molar-refractivity contribution is 0.138. The fraction of sp³-hybridized carbons (Fsp3) is 0.650. The standard InChI is InChI=1S/C20H29F2N3O/c1-23-19(24-13-20(10-11-26-2)8-3-4-9-20)25-17-12-14(17)18-15(21)6-5-7-16(18)22/h5-7,14,17H,3-4,8-13H2,1-2H3,(H2,23,24,25). The van der Waals surface area contributed by atoms with E-state index in [0.29, 0.717) is 12.4 Å². The molecule has 0 heterocycles. The van der Waals surface area contributed by atoms with Crippen LogP contribution >= 0.6 is 0 Å². The number of hydrogen-bond donors (Lipinski definition) is 2. The van der Waals surface area contributed by atoms with E-state index in [0.717, 1.165) is 19.6 Å². The van der Waals surface area contributed by atoms with E-state index in [1.54, 1.807) is 14.2 Å². The topological polar surface area (TPSA) is 45.7 Å². The van der Waals surface area contributed by atoms with Crippen molar-refractivity contribution in [2.24, 2.45) is 10.4 Å². The molecule has 2 N–H and O–H groups in total. The number of aliphatic imine (C=N–C) groups is 1. The summed E-state index contributed by atoms with van der Waals surface area (Å²) in [5, 5.41) is 6.74.